The van der Waals surface area contributed by atoms with E-state index in [4.69, 9.17) is 5.73 Å². The summed E-state index contributed by atoms with van der Waals surface area (Å²) < 4.78 is 38.7. The zero-order valence-electron chi connectivity index (χ0n) is 9.37. The molecule has 0 aromatic heterocycles. The molecule has 5 heteroatoms. The Bertz CT molecular complexity index is 372. The molecule has 0 radical (unpaired) electrons. The molecule has 0 aliphatic carbocycles. The number of hydrogen-bond acceptors (Lipinski definition) is 2. The van der Waals surface area contributed by atoms with Gasteiger partial charge in [-0.05, 0) is 43.5 Å². The molecule has 1 aliphatic heterocycles. The first-order valence-corrected chi connectivity index (χ1v) is 5.67. The maximum absolute atomic E-state index is 12.9. The van der Waals surface area contributed by atoms with Crippen molar-refractivity contribution in [2.24, 2.45) is 0 Å². The van der Waals surface area contributed by atoms with E-state index in [1.165, 1.54) is 4.90 Å². The van der Waals surface area contributed by atoms with E-state index >= 15 is 0 Å². The first kappa shape index (κ1) is 12.1. The van der Waals surface area contributed by atoms with E-state index in [0.29, 0.717) is 24.3 Å². The highest BCUT2D eigenvalue weighted by Crippen LogP contribution is 2.35. The van der Waals surface area contributed by atoms with Crippen molar-refractivity contribution in [3.63, 3.8) is 0 Å². The van der Waals surface area contributed by atoms with Crippen LogP contribution in [-0.2, 0) is 0 Å². The van der Waals surface area contributed by atoms with Crippen LogP contribution in [0.3, 0.4) is 0 Å². The third-order valence-electron chi connectivity index (χ3n) is 3.11. The molecule has 0 saturated carbocycles. The van der Waals surface area contributed by atoms with Crippen molar-refractivity contribution in [3.8, 4) is 0 Å². The van der Waals surface area contributed by atoms with Crippen LogP contribution in [0.15, 0.2) is 24.3 Å². The molecule has 1 aromatic carbocycles. The van der Waals surface area contributed by atoms with Gasteiger partial charge in [0.1, 0.15) is 6.04 Å². The number of piperidine rings is 1. The normalized spacial score (nSPS) is 21.6. The molecular weight excluding hydrogens is 229 g/mol. The van der Waals surface area contributed by atoms with Gasteiger partial charge in [-0.15, -0.1) is 0 Å². The number of benzene rings is 1. The molecule has 0 amide bonds. The lowest BCUT2D eigenvalue weighted by Crippen LogP contribution is -2.48. The smallest absolute Gasteiger partial charge is 0.399 e. The Kier molecular flexibility index (Phi) is 3.17. The number of anilines is 2. The van der Waals surface area contributed by atoms with E-state index in [9.17, 15) is 13.2 Å². The summed E-state index contributed by atoms with van der Waals surface area (Å²) in [7, 11) is 0. The van der Waals surface area contributed by atoms with Crippen LogP contribution < -0.4 is 10.6 Å². The van der Waals surface area contributed by atoms with E-state index < -0.39 is 12.2 Å². The van der Waals surface area contributed by atoms with Gasteiger partial charge in [0, 0.05) is 17.9 Å². The van der Waals surface area contributed by atoms with Crippen LogP contribution in [0.25, 0.3) is 0 Å². The summed E-state index contributed by atoms with van der Waals surface area (Å²) in [6, 6.07) is 5.22. The Labute approximate surface area is 98.2 Å². The van der Waals surface area contributed by atoms with Crippen LogP contribution in [-0.4, -0.2) is 18.8 Å². The lowest BCUT2D eigenvalue weighted by molar-refractivity contribution is -0.152. The van der Waals surface area contributed by atoms with E-state index in [1.54, 1.807) is 24.3 Å². The van der Waals surface area contributed by atoms with Gasteiger partial charge in [-0.25, -0.2) is 0 Å². The predicted molar refractivity (Wildman–Crippen MR) is 61.9 cm³/mol. The molecule has 0 bridgehead atoms. The SMILES string of the molecule is Nc1ccc(N2CCCC[C@H]2C(F)(F)F)cc1. The minimum Gasteiger partial charge on any atom is -0.399 e. The Morgan fingerprint density at radius 3 is 2.35 bits per heavy atom. The quantitative estimate of drug-likeness (QED) is 0.769. The van der Waals surface area contributed by atoms with Crippen molar-refractivity contribution in [2.75, 3.05) is 17.2 Å². The summed E-state index contributed by atoms with van der Waals surface area (Å²) in [6.45, 7) is 0.452. The fourth-order valence-electron chi connectivity index (χ4n) is 2.25. The van der Waals surface area contributed by atoms with Gasteiger partial charge in [0.15, 0.2) is 0 Å². The molecule has 0 spiro atoms. The molecule has 1 heterocycles. The van der Waals surface area contributed by atoms with E-state index in [-0.39, 0.29) is 6.42 Å². The Balaban J connectivity index is 2.25. The molecule has 1 fully saturated rings. The standard InChI is InChI=1S/C12H15F3N2/c13-12(14,15)11-3-1-2-8-17(11)10-6-4-9(16)5-7-10/h4-7,11H,1-3,8,16H2/t11-/m0/s1. The first-order chi connectivity index (χ1) is 7.98. The zero-order valence-corrected chi connectivity index (χ0v) is 9.37. The number of nitrogens with zero attached hydrogens (tertiary/aromatic N) is 1. The van der Waals surface area contributed by atoms with Crippen LogP contribution in [0.4, 0.5) is 24.5 Å². The third kappa shape index (κ3) is 2.65. The minimum absolute atomic E-state index is 0.174. The molecule has 2 nitrogen and oxygen atoms in total. The number of rotatable bonds is 1. The monoisotopic (exact) mass is 244 g/mol. The molecule has 1 atom stereocenters. The minimum atomic E-state index is -4.16. The average Bonchev–Trinajstić information content (AvgIpc) is 2.29. The molecule has 1 aliphatic rings. The Morgan fingerprint density at radius 2 is 1.76 bits per heavy atom. The van der Waals surface area contributed by atoms with Gasteiger partial charge >= 0.3 is 6.18 Å². The van der Waals surface area contributed by atoms with Crippen molar-refractivity contribution in [1.29, 1.82) is 0 Å². The summed E-state index contributed by atoms with van der Waals surface area (Å²) in [5.74, 6) is 0. The third-order valence-corrected chi connectivity index (χ3v) is 3.11. The Hall–Kier alpha value is -1.39. The number of nitrogen functional groups attached to an aromatic ring is 1. The Morgan fingerprint density at radius 1 is 1.12 bits per heavy atom. The molecule has 94 valence electrons. The maximum Gasteiger partial charge on any atom is 0.408 e. The van der Waals surface area contributed by atoms with Gasteiger partial charge in [-0.3, -0.25) is 0 Å². The molecule has 1 saturated heterocycles. The molecule has 2 rings (SSSR count). The maximum atomic E-state index is 12.9. The summed E-state index contributed by atoms with van der Waals surface area (Å²) in [5, 5.41) is 0. The second kappa shape index (κ2) is 4.47. The number of alkyl halides is 3. The highest BCUT2D eigenvalue weighted by atomic mass is 19.4. The summed E-state index contributed by atoms with van der Waals surface area (Å²) in [5.41, 5.74) is 6.70. The van der Waals surface area contributed by atoms with Gasteiger partial charge in [-0.1, -0.05) is 0 Å². The van der Waals surface area contributed by atoms with Crippen LogP contribution in [0.1, 0.15) is 19.3 Å². The predicted octanol–water partition coefficient (Wildman–Crippen LogP) is 3.19. The van der Waals surface area contributed by atoms with Gasteiger partial charge in [0.2, 0.25) is 0 Å². The fourth-order valence-corrected chi connectivity index (χ4v) is 2.25. The largest absolute Gasteiger partial charge is 0.408 e. The van der Waals surface area contributed by atoms with Crippen LogP contribution in [0.2, 0.25) is 0 Å². The van der Waals surface area contributed by atoms with Gasteiger partial charge < -0.3 is 10.6 Å². The zero-order chi connectivity index (χ0) is 12.5. The topological polar surface area (TPSA) is 29.3 Å². The van der Waals surface area contributed by atoms with Crippen LogP contribution in [0.5, 0.6) is 0 Å². The average molecular weight is 244 g/mol. The van der Waals surface area contributed by atoms with Crippen LogP contribution in [0, 0.1) is 0 Å². The van der Waals surface area contributed by atoms with Crippen molar-refractivity contribution in [1.82, 2.24) is 0 Å². The molecule has 0 unspecified atom stereocenters. The lowest BCUT2D eigenvalue weighted by atomic mass is 10.0. The van der Waals surface area contributed by atoms with Crippen molar-refractivity contribution in [3.05, 3.63) is 24.3 Å². The van der Waals surface area contributed by atoms with E-state index in [1.807, 2.05) is 0 Å². The second-order valence-corrected chi connectivity index (χ2v) is 4.34. The summed E-state index contributed by atoms with van der Waals surface area (Å²) in [6.07, 6.45) is -2.55. The number of hydrogen-bond donors (Lipinski definition) is 1. The van der Waals surface area contributed by atoms with Crippen LogP contribution >= 0.6 is 0 Å². The number of halogens is 3. The van der Waals surface area contributed by atoms with E-state index in [2.05, 4.69) is 0 Å². The summed E-state index contributed by atoms with van der Waals surface area (Å²) in [4.78, 5) is 1.43. The highest BCUT2D eigenvalue weighted by molar-refractivity contribution is 5.54. The van der Waals surface area contributed by atoms with Crippen molar-refractivity contribution >= 4 is 11.4 Å². The molecule has 1 aromatic rings. The molecular formula is C12H15F3N2. The van der Waals surface area contributed by atoms with Crippen molar-refractivity contribution < 1.29 is 13.2 Å². The molecule has 17 heavy (non-hydrogen) atoms. The van der Waals surface area contributed by atoms with Gasteiger partial charge in [0.05, 0.1) is 0 Å². The van der Waals surface area contributed by atoms with E-state index in [0.717, 1.165) is 6.42 Å². The number of nitrogens with two attached hydrogens (primary N) is 1. The van der Waals surface area contributed by atoms with Gasteiger partial charge in [-0.2, -0.15) is 13.2 Å². The lowest BCUT2D eigenvalue weighted by Gasteiger charge is -2.38. The molecule has 2 N–H and O–H groups in total. The van der Waals surface area contributed by atoms with Gasteiger partial charge in [0.25, 0.3) is 0 Å². The summed E-state index contributed by atoms with van der Waals surface area (Å²) >= 11 is 0. The highest BCUT2D eigenvalue weighted by Gasteiger charge is 2.44. The van der Waals surface area contributed by atoms with Crippen molar-refractivity contribution in [2.45, 2.75) is 31.5 Å². The second-order valence-electron chi connectivity index (χ2n) is 4.34. The first-order valence-electron chi connectivity index (χ1n) is 5.67. The fraction of sp³-hybridized carbons (Fsp3) is 0.500.